The van der Waals surface area contributed by atoms with Crippen molar-refractivity contribution in [3.05, 3.63) is 12.7 Å². The highest BCUT2D eigenvalue weighted by Crippen LogP contribution is 2.44. The lowest BCUT2D eigenvalue weighted by Crippen LogP contribution is -2.35. The number of aliphatic hydroxyl groups is 2. The topological polar surface area (TPSA) is 261 Å². The monoisotopic (exact) mass is 445 g/mol. The Labute approximate surface area is 156 Å². The molecule has 18 heteroatoms. The van der Waals surface area contributed by atoms with Gasteiger partial charge in [0.2, 0.25) is 0 Å². The van der Waals surface area contributed by atoms with Crippen molar-refractivity contribution >= 4 is 35.2 Å². The van der Waals surface area contributed by atoms with Gasteiger partial charge in [0.1, 0.15) is 30.2 Å². The lowest BCUT2D eigenvalue weighted by atomic mass is 10.1. The van der Waals surface area contributed by atoms with E-state index in [1.165, 1.54) is 17.2 Å². The average molecular weight is 445 g/mol. The van der Waals surface area contributed by atoms with Crippen LogP contribution < -0.4 is 5.73 Å². The summed E-state index contributed by atoms with van der Waals surface area (Å²) in [4.78, 5) is 29.6. The lowest BCUT2D eigenvalue weighted by Gasteiger charge is -2.19. The molecule has 1 aliphatic rings. The summed E-state index contributed by atoms with van der Waals surface area (Å²) >= 11 is 0. The number of phosphoric ester groups is 1. The molecule has 0 bridgehead atoms. The summed E-state index contributed by atoms with van der Waals surface area (Å²) in [7, 11) is -9.55. The molecule has 16 nitrogen and oxygen atoms in total. The largest absolute Gasteiger partial charge is 0.470 e. The van der Waals surface area contributed by atoms with Crippen LogP contribution in [0.15, 0.2) is 12.7 Å². The van der Waals surface area contributed by atoms with E-state index in [9.17, 15) is 14.8 Å². The van der Waals surface area contributed by atoms with Gasteiger partial charge in [0, 0.05) is 0 Å². The van der Waals surface area contributed by atoms with Crippen LogP contribution >= 0.6 is 7.82 Å². The number of phosphoric acid groups is 1. The molecule has 0 aromatic carbocycles. The van der Waals surface area contributed by atoms with Gasteiger partial charge in [-0.25, -0.2) is 19.5 Å². The number of anilines is 1. The molecule has 3 rings (SSSR count). The van der Waals surface area contributed by atoms with Crippen LogP contribution in [0.2, 0.25) is 0 Å². The van der Waals surface area contributed by atoms with Crippen molar-refractivity contribution in [1.29, 1.82) is 0 Å². The summed E-state index contributed by atoms with van der Waals surface area (Å²) < 4.78 is 53.9. The van der Waals surface area contributed by atoms with Crippen LogP contribution in [0.5, 0.6) is 0 Å². The summed E-state index contributed by atoms with van der Waals surface area (Å²) in [6.07, 6.45) is -2.68. The molecule has 0 radical (unpaired) electrons. The minimum absolute atomic E-state index is 0.128. The quantitative estimate of drug-likeness (QED) is 0.189. The Bertz CT molecular complexity index is 969. The highest BCUT2D eigenvalue weighted by Gasteiger charge is 2.48. The summed E-state index contributed by atoms with van der Waals surface area (Å²) in [5.74, 6) is 0.128. The van der Waals surface area contributed by atoms with Crippen molar-refractivity contribution in [2.45, 2.75) is 24.5 Å². The minimum atomic E-state index is -4.88. The van der Waals surface area contributed by atoms with Crippen molar-refractivity contribution in [3.8, 4) is 0 Å². The second-order valence-electron chi connectivity index (χ2n) is 5.33. The number of aliphatic hydroxyl groups excluding tert-OH is 2. The maximum absolute atomic E-state index is 11.0. The molecule has 0 spiro atoms. The average Bonchev–Trinajstić information content (AvgIpc) is 3.08. The van der Waals surface area contributed by atoms with Crippen LogP contribution in [0.4, 0.5) is 5.82 Å². The van der Waals surface area contributed by atoms with Gasteiger partial charge in [0.15, 0.2) is 17.7 Å². The molecule has 0 amide bonds. The van der Waals surface area contributed by atoms with Gasteiger partial charge >= 0.3 is 18.2 Å². The first-order chi connectivity index (χ1) is 12.8. The molecule has 0 saturated carbocycles. The van der Waals surface area contributed by atoms with E-state index in [2.05, 4.69) is 19.5 Å². The minimum Gasteiger partial charge on any atom is -0.394 e. The van der Waals surface area contributed by atoms with Crippen LogP contribution in [0.3, 0.4) is 0 Å². The molecule has 2 aromatic rings. The second-order valence-corrected chi connectivity index (χ2v) is 7.42. The van der Waals surface area contributed by atoms with E-state index in [0.29, 0.717) is 0 Å². The zero-order chi connectivity index (χ0) is 21.3. The van der Waals surface area contributed by atoms with Crippen molar-refractivity contribution in [3.63, 3.8) is 0 Å². The molecule has 0 aliphatic carbocycles. The van der Waals surface area contributed by atoms with E-state index < -0.39 is 49.4 Å². The summed E-state index contributed by atoms with van der Waals surface area (Å²) in [6, 6.07) is 0. The first-order valence-electron chi connectivity index (χ1n) is 7.13. The highest BCUT2D eigenvalue weighted by atomic mass is 32.3. The number of rotatable bonds is 4. The molecular weight excluding hydrogens is 429 g/mol. The number of ether oxygens (including phenoxy) is 1. The van der Waals surface area contributed by atoms with Crippen molar-refractivity contribution in [1.82, 2.24) is 19.5 Å². The van der Waals surface area contributed by atoms with Crippen LogP contribution in [0.25, 0.3) is 11.2 Å². The van der Waals surface area contributed by atoms with Crippen molar-refractivity contribution in [2.75, 3.05) is 12.3 Å². The molecule has 4 atom stereocenters. The first kappa shape index (κ1) is 22.5. The third kappa shape index (κ3) is 5.61. The molecule has 28 heavy (non-hydrogen) atoms. The van der Waals surface area contributed by atoms with Crippen LogP contribution in [-0.4, -0.2) is 82.0 Å². The summed E-state index contributed by atoms with van der Waals surface area (Å²) in [6.45, 7) is -0.609. The Kier molecular flexibility index (Phi) is 6.66. The fourth-order valence-electron chi connectivity index (χ4n) is 2.44. The second kappa shape index (κ2) is 8.29. The fraction of sp³-hybridized carbons (Fsp3) is 0.500. The Hall–Kier alpha value is -1.79. The molecule has 1 saturated heterocycles. The molecular formula is C10H16N5O11PS. The van der Waals surface area contributed by atoms with Gasteiger partial charge < -0.3 is 30.5 Å². The number of hydrogen-bond donors (Lipinski definition) is 7. The number of nitrogen functional groups attached to an aromatic ring is 1. The normalized spacial score (nSPS) is 25.5. The Morgan fingerprint density at radius 1 is 1.29 bits per heavy atom. The number of imidazole rings is 1. The van der Waals surface area contributed by atoms with Crippen LogP contribution in [0, 0.1) is 0 Å². The predicted octanol–water partition coefficient (Wildman–Crippen LogP) is -2.52. The number of hydrogen-bond acceptors (Lipinski definition) is 11. The van der Waals surface area contributed by atoms with E-state index in [-0.39, 0.29) is 17.0 Å². The van der Waals surface area contributed by atoms with Gasteiger partial charge in [0.05, 0.1) is 12.9 Å². The van der Waals surface area contributed by atoms with Gasteiger partial charge in [-0.1, -0.05) is 0 Å². The van der Waals surface area contributed by atoms with Gasteiger partial charge in [0.25, 0.3) is 0 Å². The van der Waals surface area contributed by atoms with E-state index in [1.807, 2.05) is 0 Å². The highest BCUT2D eigenvalue weighted by molar-refractivity contribution is 7.79. The lowest BCUT2D eigenvalue weighted by molar-refractivity contribution is -0.0509. The van der Waals surface area contributed by atoms with Crippen molar-refractivity contribution < 1.29 is 51.3 Å². The van der Waals surface area contributed by atoms with Crippen molar-refractivity contribution in [2.24, 2.45) is 0 Å². The zero-order valence-electron chi connectivity index (χ0n) is 13.6. The van der Waals surface area contributed by atoms with Gasteiger partial charge in [-0.05, 0) is 0 Å². The predicted molar refractivity (Wildman–Crippen MR) is 87.8 cm³/mol. The molecule has 2 aromatic heterocycles. The fourth-order valence-corrected chi connectivity index (χ4v) is 3.02. The zero-order valence-corrected chi connectivity index (χ0v) is 15.3. The van der Waals surface area contributed by atoms with E-state index in [4.69, 9.17) is 37.8 Å². The summed E-state index contributed by atoms with van der Waals surface area (Å²) in [5, 5.41) is 19.6. The molecule has 1 aliphatic heterocycles. The number of fused-ring (bicyclic) bond motifs is 1. The third-order valence-corrected chi connectivity index (χ3v) is 3.93. The molecule has 0 unspecified atom stereocenters. The number of aromatic nitrogens is 4. The summed E-state index contributed by atoms with van der Waals surface area (Å²) in [5.41, 5.74) is 6.21. The maximum Gasteiger partial charge on any atom is 0.470 e. The smallest absolute Gasteiger partial charge is 0.394 e. The molecule has 158 valence electrons. The van der Waals surface area contributed by atoms with Gasteiger partial charge in [-0.15, -0.1) is 0 Å². The number of nitrogens with two attached hydrogens (primary N) is 1. The Balaban J connectivity index is 0.000000500. The molecule has 8 N–H and O–H groups in total. The number of nitrogens with zero attached hydrogens (tertiary/aromatic N) is 4. The van der Waals surface area contributed by atoms with E-state index >= 15 is 0 Å². The van der Waals surface area contributed by atoms with Crippen LogP contribution in [0.1, 0.15) is 6.23 Å². The Morgan fingerprint density at radius 2 is 1.89 bits per heavy atom. The first-order valence-corrected chi connectivity index (χ1v) is 10.1. The SMILES string of the molecule is Nc1ncnc2c1ncn2[C@@H]1O[C@H](CO)[C@@H](OP(=O)(O)O)[C@H]1O.O=S(=O)(O)O. The third-order valence-electron chi connectivity index (χ3n) is 3.41. The van der Waals surface area contributed by atoms with Gasteiger partial charge in [-0.2, -0.15) is 8.42 Å². The Morgan fingerprint density at radius 3 is 2.43 bits per heavy atom. The molecule has 3 heterocycles. The van der Waals surface area contributed by atoms with E-state index in [1.54, 1.807) is 0 Å². The van der Waals surface area contributed by atoms with Gasteiger partial charge in [-0.3, -0.25) is 18.2 Å². The van der Waals surface area contributed by atoms with Crippen LogP contribution in [-0.2, 0) is 24.2 Å². The molecule has 1 fully saturated rings. The standard InChI is InChI=1S/C10H14N5O7P.H2O4S/c11-8-5-9(13-2-12-8)15(3-14-5)10-6(17)7(4(1-16)21-10)22-23(18,19)20;1-5(2,3)4/h2-4,6-7,10,16-17H,1H2,(H2,11,12,13)(H2,18,19,20);(H2,1,2,3,4)/t4-,6-,7-,10-;/m1./s1. The maximum atomic E-state index is 11.0. The van der Waals surface area contributed by atoms with E-state index in [0.717, 1.165) is 0 Å².